The van der Waals surface area contributed by atoms with Crippen molar-refractivity contribution in [3.8, 4) is 0 Å². The average Bonchev–Trinajstić information content (AvgIpc) is 2.50. The van der Waals surface area contributed by atoms with Gasteiger partial charge in [0.25, 0.3) is 0 Å². The van der Waals surface area contributed by atoms with Crippen molar-refractivity contribution in [1.29, 1.82) is 0 Å². The molecule has 2 aliphatic rings. The molecule has 0 bridgehead atoms. The Bertz CT molecular complexity index is 173. The fourth-order valence-corrected chi connectivity index (χ4v) is 3.67. The van der Waals surface area contributed by atoms with Gasteiger partial charge < -0.3 is 6.15 Å². The summed E-state index contributed by atoms with van der Waals surface area (Å²) in [5.74, 6) is 0. The second kappa shape index (κ2) is 6.10. The van der Waals surface area contributed by atoms with Crippen LogP contribution in [0.4, 0.5) is 0 Å². The molecule has 0 radical (unpaired) electrons. The van der Waals surface area contributed by atoms with Crippen LogP contribution in [-0.2, 0) is 0 Å². The lowest BCUT2D eigenvalue weighted by atomic mass is 9.74. The molecule has 2 fully saturated rings. The van der Waals surface area contributed by atoms with Crippen LogP contribution in [-0.4, -0.2) is 5.38 Å². The van der Waals surface area contributed by atoms with Crippen molar-refractivity contribution >= 4 is 11.6 Å². The molecule has 0 aromatic heterocycles. The van der Waals surface area contributed by atoms with Crippen molar-refractivity contribution in [3.63, 3.8) is 0 Å². The van der Waals surface area contributed by atoms with E-state index in [9.17, 15) is 0 Å². The Morgan fingerprint density at radius 3 is 2.00 bits per heavy atom. The molecule has 3 N–H and O–H groups in total. The fourth-order valence-electron chi connectivity index (χ4n) is 3.41. The van der Waals surface area contributed by atoms with Gasteiger partial charge in [0.15, 0.2) is 0 Å². The molecule has 90 valence electrons. The van der Waals surface area contributed by atoms with E-state index in [-0.39, 0.29) is 6.15 Å². The van der Waals surface area contributed by atoms with Crippen molar-refractivity contribution in [3.05, 3.63) is 0 Å². The molecule has 0 aliphatic heterocycles. The molecule has 0 amide bonds. The molecule has 15 heavy (non-hydrogen) atoms. The maximum Gasteiger partial charge on any atom is 0.0336 e. The Balaban J connectivity index is 0.00000112. The van der Waals surface area contributed by atoms with E-state index in [0.717, 1.165) is 5.41 Å². The molecule has 2 aliphatic carbocycles. The molecule has 1 spiro atoms. The lowest BCUT2D eigenvalue weighted by Gasteiger charge is -2.31. The summed E-state index contributed by atoms with van der Waals surface area (Å²) < 4.78 is 0. The first-order valence-corrected chi connectivity index (χ1v) is 6.89. The van der Waals surface area contributed by atoms with E-state index < -0.39 is 0 Å². The highest BCUT2D eigenvalue weighted by Gasteiger charge is 2.32. The van der Waals surface area contributed by atoms with Crippen molar-refractivity contribution in [2.75, 3.05) is 0 Å². The molecule has 1 nitrogen and oxygen atoms in total. The first-order valence-electron chi connectivity index (χ1n) is 6.45. The van der Waals surface area contributed by atoms with Crippen LogP contribution in [0.15, 0.2) is 0 Å². The van der Waals surface area contributed by atoms with Crippen LogP contribution >= 0.6 is 11.6 Å². The zero-order chi connectivity index (χ0) is 9.86. The summed E-state index contributed by atoms with van der Waals surface area (Å²) in [4.78, 5) is 0. The van der Waals surface area contributed by atoms with Crippen LogP contribution in [0.3, 0.4) is 0 Å². The van der Waals surface area contributed by atoms with Gasteiger partial charge in [-0.1, -0.05) is 32.1 Å². The maximum absolute atomic E-state index is 6.26. The molecule has 1 atom stereocenters. The first kappa shape index (κ1) is 13.3. The summed E-state index contributed by atoms with van der Waals surface area (Å²) in [5.41, 5.74) is 0.722. The van der Waals surface area contributed by atoms with E-state index in [0.29, 0.717) is 5.38 Å². The second-order valence-corrected chi connectivity index (χ2v) is 6.06. The summed E-state index contributed by atoms with van der Waals surface area (Å²) in [7, 11) is 0. The van der Waals surface area contributed by atoms with Gasteiger partial charge in [0.1, 0.15) is 0 Å². The normalized spacial score (nSPS) is 31.4. The third kappa shape index (κ3) is 3.64. The predicted molar refractivity (Wildman–Crippen MR) is 67.9 cm³/mol. The Kier molecular flexibility index (Phi) is 5.42. The van der Waals surface area contributed by atoms with Crippen molar-refractivity contribution < 1.29 is 0 Å². The molecule has 0 heterocycles. The van der Waals surface area contributed by atoms with Gasteiger partial charge in [-0.3, -0.25) is 0 Å². The van der Waals surface area contributed by atoms with Crippen LogP contribution in [0.25, 0.3) is 0 Å². The fraction of sp³-hybridized carbons (Fsp3) is 1.00. The third-order valence-electron chi connectivity index (χ3n) is 4.38. The van der Waals surface area contributed by atoms with E-state index in [4.69, 9.17) is 11.6 Å². The summed E-state index contributed by atoms with van der Waals surface area (Å²) in [5, 5.41) is 0.484. The van der Waals surface area contributed by atoms with Crippen molar-refractivity contribution in [2.45, 2.75) is 76.0 Å². The minimum Gasteiger partial charge on any atom is -0.344 e. The van der Waals surface area contributed by atoms with Gasteiger partial charge >= 0.3 is 0 Å². The number of alkyl halides is 1. The minimum atomic E-state index is 0. The summed E-state index contributed by atoms with van der Waals surface area (Å²) in [6.45, 7) is 0. The number of hydrogen-bond donors (Lipinski definition) is 1. The summed E-state index contributed by atoms with van der Waals surface area (Å²) in [6, 6.07) is 0. The highest BCUT2D eigenvalue weighted by Crippen LogP contribution is 2.46. The van der Waals surface area contributed by atoms with E-state index in [1.807, 2.05) is 0 Å². The average molecular weight is 232 g/mol. The SMILES string of the molecule is ClC1CCCC2(CCCCCC2)CC1.N. The quantitative estimate of drug-likeness (QED) is 0.581. The standard InChI is InChI=1S/C13H23Cl.H3N/c14-12-6-5-10-13(11-7-12)8-3-1-2-4-9-13;/h12H,1-11H2;1H3. The lowest BCUT2D eigenvalue weighted by molar-refractivity contribution is 0.207. The molecule has 2 saturated carbocycles. The van der Waals surface area contributed by atoms with Crippen LogP contribution < -0.4 is 6.15 Å². The topological polar surface area (TPSA) is 35.0 Å². The monoisotopic (exact) mass is 231 g/mol. The molecule has 2 rings (SSSR count). The molecular formula is C13H26ClN. The van der Waals surface area contributed by atoms with Crippen LogP contribution in [0.5, 0.6) is 0 Å². The van der Waals surface area contributed by atoms with Gasteiger partial charge in [-0.2, -0.15) is 0 Å². The zero-order valence-corrected chi connectivity index (χ0v) is 10.7. The minimum absolute atomic E-state index is 0. The predicted octanol–water partition coefficient (Wildman–Crippen LogP) is 5.06. The molecule has 0 aromatic carbocycles. The Labute approximate surface area is 99.5 Å². The molecule has 2 heteroatoms. The van der Waals surface area contributed by atoms with E-state index in [1.165, 1.54) is 70.6 Å². The van der Waals surface area contributed by atoms with Gasteiger partial charge in [0.2, 0.25) is 0 Å². The first-order chi connectivity index (χ1) is 6.81. The third-order valence-corrected chi connectivity index (χ3v) is 4.81. The smallest absolute Gasteiger partial charge is 0.0336 e. The van der Waals surface area contributed by atoms with E-state index >= 15 is 0 Å². The second-order valence-electron chi connectivity index (χ2n) is 5.44. The number of halogens is 1. The largest absolute Gasteiger partial charge is 0.344 e. The Hall–Kier alpha value is 0.250. The highest BCUT2D eigenvalue weighted by molar-refractivity contribution is 6.20. The van der Waals surface area contributed by atoms with E-state index in [1.54, 1.807) is 0 Å². The van der Waals surface area contributed by atoms with Crippen LogP contribution in [0.2, 0.25) is 0 Å². The molecule has 1 unspecified atom stereocenters. The van der Waals surface area contributed by atoms with Gasteiger partial charge in [0, 0.05) is 5.38 Å². The molecule has 0 saturated heterocycles. The van der Waals surface area contributed by atoms with Crippen LogP contribution in [0, 0.1) is 5.41 Å². The van der Waals surface area contributed by atoms with Gasteiger partial charge in [-0.15, -0.1) is 11.6 Å². The highest BCUT2D eigenvalue weighted by atomic mass is 35.5. The van der Waals surface area contributed by atoms with Gasteiger partial charge in [-0.25, -0.2) is 0 Å². The Morgan fingerprint density at radius 1 is 0.733 bits per heavy atom. The summed E-state index contributed by atoms with van der Waals surface area (Å²) in [6.07, 6.45) is 15.7. The summed E-state index contributed by atoms with van der Waals surface area (Å²) >= 11 is 6.26. The van der Waals surface area contributed by atoms with Crippen molar-refractivity contribution in [1.82, 2.24) is 6.15 Å². The van der Waals surface area contributed by atoms with Crippen molar-refractivity contribution in [2.24, 2.45) is 5.41 Å². The number of rotatable bonds is 0. The maximum atomic E-state index is 6.26. The molecular weight excluding hydrogens is 206 g/mol. The van der Waals surface area contributed by atoms with Crippen LogP contribution in [0.1, 0.15) is 70.6 Å². The Morgan fingerprint density at radius 2 is 1.33 bits per heavy atom. The van der Waals surface area contributed by atoms with Gasteiger partial charge in [-0.05, 0) is 43.9 Å². The lowest BCUT2D eigenvalue weighted by Crippen LogP contribution is -2.19. The number of hydrogen-bond acceptors (Lipinski definition) is 1. The zero-order valence-electron chi connectivity index (χ0n) is 9.94. The van der Waals surface area contributed by atoms with E-state index in [2.05, 4.69) is 0 Å². The van der Waals surface area contributed by atoms with Gasteiger partial charge in [0.05, 0.1) is 0 Å². The molecule has 0 aromatic rings.